The number of nitrogens with one attached hydrogen (secondary N) is 1. The van der Waals surface area contributed by atoms with E-state index in [1.807, 2.05) is 0 Å². The summed E-state index contributed by atoms with van der Waals surface area (Å²) in [6, 6.07) is -0.673. The number of aliphatic carboxylic acids is 1. The van der Waals surface area contributed by atoms with Gasteiger partial charge in [0.1, 0.15) is 6.61 Å². The molecule has 0 rings (SSSR count). The SMILES string of the molecule is CNCC(=O)OC[C@@H](N)C(C)C(=O)O. The first-order valence-corrected chi connectivity index (χ1v) is 4.27. The van der Waals surface area contributed by atoms with Crippen LogP contribution in [0.15, 0.2) is 0 Å². The van der Waals surface area contributed by atoms with E-state index >= 15 is 0 Å². The third kappa shape index (κ3) is 4.78. The number of hydrogen-bond acceptors (Lipinski definition) is 5. The molecule has 82 valence electrons. The summed E-state index contributed by atoms with van der Waals surface area (Å²) in [5, 5.41) is 11.2. The summed E-state index contributed by atoms with van der Waals surface area (Å²) in [5.41, 5.74) is 5.48. The Hall–Kier alpha value is -1.14. The van der Waals surface area contributed by atoms with Gasteiger partial charge in [-0.3, -0.25) is 9.59 Å². The van der Waals surface area contributed by atoms with Crippen LogP contribution in [0.1, 0.15) is 6.92 Å². The number of esters is 1. The van der Waals surface area contributed by atoms with Crippen LogP contribution in [-0.4, -0.2) is 43.3 Å². The topological polar surface area (TPSA) is 102 Å². The average Bonchev–Trinajstić information content (AvgIpc) is 2.13. The van der Waals surface area contributed by atoms with E-state index in [0.29, 0.717) is 0 Å². The molecule has 6 nitrogen and oxygen atoms in total. The molecule has 0 spiro atoms. The van der Waals surface area contributed by atoms with Crippen LogP contribution in [0.4, 0.5) is 0 Å². The Balaban J connectivity index is 3.78. The second-order valence-electron chi connectivity index (χ2n) is 3.00. The Morgan fingerprint density at radius 1 is 1.57 bits per heavy atom. The molecule has 0 aliphatic rings. The Morgan fingerprint density at radius 3 is 2.57 bits per heavy atom. The molecule has 1 unspecified atom stereocenters. The molecule has 0 aliphatic heterocycles. The van der Waals surface area contributed by atoms with Gasteiger partial charge in [0.15, 0.2) is 0 Å². The molecule has 0 fully saturated rings. The van der Waals surface area contributed by atoms with E-state index in [4.69, 9.17) is 15.6 Å². The number of ether oxygens (including phenoxy) is 1. The molecule has 6 heteroatoms. The van der Waals surface area contributed by atoms with Crippen molar-refractivity contribution < 1.29 is 19.4 Å². The monoisotopic (exact) mass is 204 g/mol. The third-order valence-corrected chi connectivity index (χ3v) is 1.79. The van der Waals surface area contributed by atoms with Crippen LogP contribution in [0.5, 0.6) is 0 Å². The van der Waals surface area contributed by atoms with Gasteiger partial charge < -0.3 is 20.9 Å². The summed E-state index contributed by atoms with van der Waals surface area (Å²) in [4.78, 5) is 21.3. The highest BCUT2D eigenvalue weighted by molar-refractivity contribution is 5.72. The van der Waals surface area contributed by atoms with Gasteiger partial charge in [-0.25, -0.2) is 0 Å². The summed E-state index contributed by atoms with van der Waals surface area (Å²) in [7, 11) is 1.61. The highest BCUT2D eigenvalue weighted by atomic mass is 16.5. The summed E-state index contributed by atoms with van der Waals surface area (Å²) < 4.78 is 4.73. The van der Waals surface area contributed by atoms with Gasteiger partial charge in [0, 0.05) is 0 Å². The minimum absolute atomic E-state index is 0.0754. The number of carbonyl (C=O) groups excluding carboxylic acids is 1. The zero-order valence-corrected chi connectivity index (χ0v) is 8.32. The molecule has 0 aliphatic carbocycles. The van der Waals surface area contributed by atoms with Crippen molar-refractivity contribution in [1.29, 1.82) is 0 Å². The lowest BCUT2D eigenvalue weighted by Crippen LogP contribution is -2.39. The van der Waals surface area contributed by atoms with E-state index in [1.54, 1.807) is 7.05 Å². The van der Waals surface area contributed by atoms with Crippen molar-refractivity contribution in [3.63, 3.8) is 0 Å². The van der Waals surface area contributed by atoms with Crippen LogP contribution in [0.2, 0.25) is 0 Å². The van der Waals surface area contributed by atoms with Gasteiger partial charge in [-0.15, -0.1) is 0 Å². The molecule has 2 atom stereocenters. The van der Waals surface area contributed by atoms with Crippen molar-refractivity contribution in [2.24, 2.45) is 11.7 Å². The van der Waals surface area contributed by atoms with E-state index in [0.717, 1.165) is 0 Å². The van der Waals surface area contributed by atoms with Crippen LogP contribution < -0.4 is 11.1 Å². The van der Waals surface area contributed by atoms with Crippen molar-refractivity contribution in [2.45, 2.75) is 13.0 Å². The summed E-state index contributed by atoms with van der Waals surface area (Å²) >= 11 is 0. The molecule has 0 aromatic heterocycles. The molecule has 0 saturated heterocycles. The van der Waals surface area contributed by atoms with Crippen LogP contribution in [0.25, 0.3) is 0 Å². The maximum Gasteiger partial charge on any atom is 0.319 e. The van der Waals surface area contributed by atoms with E-state index in [-0.39, 0.29) is 13.2 Å². The highest BCUT2D eigenvalue weighted by Crippen LogP contribution is 2.00. The zero-order chi connectivity index (χ0) is 11.1. The molecule has 0 aromatic carbocycles. The lowest BCUT2D eigenvalue weighted by Gasteiger charge is -2.15. The van der Waals surface area contributed by atoms with Crippen LogP contribution in [0, 0.1) is 5.92 Å². The Bertz CT molecular complexity index is 208. The van der Waals surface area contributed by atoms with Gasteiger partial charge in [-0.2, -0.15) is 0 Å². The van der Waals surface area contributed by atoms with Crippen molar-refractivity contribution in [1.82, 2.24) is 5.32 Å². The van der Waals surface area contributed by atoms with E-state index in [1.165, 1.54) is 6.92 Å². The van der Waals surface area contributed by atoms with Crippen LogP contribution in [0.3, 0.4) is 0 Å². The zero-order valence-electron chi connectivity index (χ0n) is 8.32. The van der Waals surface area contributed by atoms with Gasteiger partial charge in [0.25, 0.3) is 0 Å². The largest absolute Gasteiger partial charge is 0.481 e. The fourth-order valence-electron chi connectivity index (χ4n) is 0.712. The van der Waals surface area contributed by atoms with Crippen molar-refractivity contribution >= 4 is 11.9 Å². The van der Waals surface area contributed by atoms with Gasteiger partial charge in [0.05, 0.1) is 18.5 Å². The number of hydrogen-bond donors (Lipinski definition) is 3. The minimum atomic E-state index is -0.998. The predicted molar refractivity (Wildman–Crippen MR) is 49.7 cm³/mol. The van der Waals surface area contributed by atoms with Gasteiger partial charge in [-0.1, -0.05) is 6.92 Å². The van der Waals surface area contributed by atoms with Gasteiger partial charge >= 0.3 is 11.9 Å². The van der Waals surface area contributed by atoms with Crippen LogP contribution in [-0.2, 0) is 14.3 Å². The molecule has 0 heterocycles. The molecule has 0 aromatic rings. The highest BCUT2D eigenvalue weighted by Gasteiger charge is 2.20. The van der Waals surface area contributed by atoms with Crippen molar-refractivity contribution in [2.75, 3.05) is 20.2 Å². The number of carboxylic acid groups (broad SMARTS) is 1. The van der Waals surface area contributed by atoms with Crippen molar-refractivity contribution in [3.05, 3.63) is 0 Å². The fraction of sp³-hybridized carbons (Fsp3) is 0.750. The number of likely N-dealkylation sites (N-methyl/N-ethyl adjacent to an activating group) is 1. The lowest BCUT2D eigenvalue weighted by molar-refractivity contribution is -0.147. The lowest BCUT2D eigenvalue weighted by atomic mass is 10.0. The number of carbonyl (C=O) groups is 2. The average molecular weight is 204 g/mol. The number of carboxylic acids is 1. The van der Waals surface area contributed by atoms with Crippen molar-refractivity contribution in [3.8, 4) is 0 Å². The summed E-state index contributed by atoms with van der Waals surface area (Å²) in [6.45, 7) is 1.49. The molecule has 0 radical (unpaired) electrons. The van der Waals surface area contributed by atoms with E-state index in [2.05, 4.69) is 5.32 Å². The maximum atomic E-state index is 10.9. The fourth-order valence-corrected chi connectivity index (χ4v) is 0.712. The number of nitrogens with two attached hydrogens (primary N) is 1. The van der Waals surface area contributed by atoms with E-state index in [9.17, 15) is 9.59 Å². The standard InChI is InChI=1S/C8H16N2O4/c1-5(8(12)13)6(9)4-14-7(11)3-10-2/h5-6,10H,3-4,9H2,1-2H3,(H,12,13)/t5?,6-/m1/s1. The molecule has 0 amide bonds. The Morgan fingerprint density at radius 2 is 2.14 bits per heavy atom. The normalized spacial score (nSPS) is 14.5. The summed E-state index contributed by atoms with van der Waals surface area (Å²) in [5.74, 6) is -2.17. The first-order chi connectivity index (χ1) is 6.49. The van der Waals surface area contributed by atoms with E-state index < -0.39 is 23.9 Å². The first kappa shape index (κ1) is 12.9. The molecule has 14 heavy (non-hydrogen) atoms. The molecule has 0 bridgehead atoms. The Labute approximate surface area is 82.4 Å². The molecular weight excluding hydrogens is 188 g/mol. The minimum Gasteiger partial charge on any atom is -0.481 e. The third-order valence-electron chi connectivity index (χ3n) is 1.79. The second-order valence-corrected chi connectivity index (χ2v) is 3.00. The molecular formula is C8H16N2O4. The van der Waals surface area contributed by atoms with Crippen LogP contribution >= 0.6 is 0 Å². The molecule has 0 saturated carbocycles. The Kier molecular flexibility index (Phi) is 5.82. The second kappa shape index (κ2) is 6.33. The van der Waals surface area contributed by atoms with Gasteiger partial charge in [-0.05, 0) is 7.05 Å². The van der Waals surface area contributed by atoms with Gasteiger partial charge in [0.2, 0.25) is 0 Å². The smallest absolute Gasteiger partial charge is 0.319 e. The summed E-state index contributed by atoms with van der Waals surface area (Å²) in [6.07, 6.45) is 0. The number of rotatable bonds is 6. The first-order valence-electron chi connectivity index (χ1n) is 4.27. The quantitative estimate of drug-likeness (QED) is 0.470. The maximum absolute atomic E-state index is 10.9. The molecule has 4 N–H and O–H groups in total. The predicted octanol–water partition coefficient (Wildman–Crippen LogP) is -1.20.